The van der Waals surface area contributed by atoms with E-state index in [-0.39, 0.29) is 5.41 Å². The number of terminal acetylenes is 1. The molecule has 0 amide bonds. The first-order valence-corrected chi connectivity index (χ1v) is 4.18. The fourth-order valence-corrected chi connectivity index (χ4v) is 1.89. The van der Waals surface area contributed by atoms with Crippen molar-refractivity contribution in [2.24, 2.45) is 5.41 Å². The molecule has 1 rings (SSSR count). The van der Waals surface area contributed by atoms with Gasteiger partial charge in [0.05, 0.1) is 5.60 Å². The number of hydrogen-bond acceptors (Lipinski definition) is 1. The zero-order chi connectivity index (χ0) is 8.54. The summed E-state index contributed by atoms with van der Waals surface area (Å²) in [5.74, 6) is 2.56. The molecule has 0 aromatic rings. The lowest BCUT2D eigenvalue weighted by Crippen LogP contribution is -2.39. The third-order valence-corrected chi connectivity index (χ3v) is 3.05. The van der Waals surface area contributed by atoms with Crippen molar-refractivity contribution in [3.63, 3.8) is 0 Å². The highest BCUT2D eigenvalue weighted by Gasteiger charge is 2.46. The van der Waals surface area contributed by atoms with Gasteiger partial charge in [-0.05, 0) is 24.7 Å². The zero-order valence-corrected chi connectivity index (χ0v) is 7.35. The maximum Gasteiger partial charge on any atom is 0.0806 e. The van der Waals surface area contributed by atoms with Crippen molar-refractivity contribution in [3.05, 3.63) is 0 Å². The Kier molecular flexibility index (Phi) is 1.98. The second-order valence-electron chi connectivity index (χ2n) is 4.15. The third kappa shape index (κ3) is 1.28. The highest BCUT2D eigenvalue weighted by molar-refractivity contribution is 5.05. The van der Waals surface area contributed by atoms with Crippen molar-refractivity contribution in [1.82, 2.24) is 0 Å². The van der Waals surface area contributed by atoms with Gasteiger partial charge in [0.15, 0.2) is 0 Å². The van der Waals surface area contributed by atoms with Crippen LogP contribution in [-0.2, 0) is 0 Å². The summed E-state index contributed by atoms with van der Waals surface area (Å²) < 4.78 is 0. The van der Waals surface area contributed by atoms with Gasteiger partial charge in [-0.1, -0.05) is 13.8 Å². The normalized spacial score (nSPS) is 35.1. The van der Waals surface area contributed by atoms with Gasteiger partial charge < -0.3 is 5.11 Å². The Morgan fingerprint density at radius 1 is 1.45 bits per heavy atom. The monoisotopic (exact) mass is 152 g/mol. The molecule has 1 aliphatic rings. The van der Waals surface area contributed by atoms with E-state index in [1.807, 2.05) is 0 Å². The molecule has 1 atom stereocenters. The Morgan fingerprint density at radius 2 is 2.09 bits per heavy atom. The van der Waals surface area contributed by atoms with Crippen LogP contribution in [0.5, 0.6) is 0 Å². The summed E-state index contributed by atoms with van der Waals surface area (Å²) in [6.45, 7) is 4.19. The molecule has 0 radical (unpaired) electrons. The molecule has 62 valence electrons. The van der Waals surface area contributed by atoms with Crippen LogP contribution < -0.4 is 0 Å². The minimum atomic E-state index is -0.595. The standard InChI is InChI=1S/C10H16O/c1-4-6-10(11)8-5-7-9(10,2)3/h1,11H,5-8H2,2-3H3/t10-/m1/s1. The van der Waals surface area contributed by atoms with Gasteiger partial charge in [-0.25, -0.2) is 0 Å². The van der Waals surface area contributed by atoms with E-state index in [1.165, 1.54) is 0 Å². The molecule has 0 aromatic carbocycles. The Morgan fingerprint density at radius 3 is 2.45 bits per heavy atom. The third-order valence-electron chi connectivity index (χ3n) is 3.05. The molecule has 0 saturated heterocycles. The molecule has 1 saturated carbocycles. The number of rotatable bonds is 1. The summed E-state index contributed by atoms with van der Waals surface area (Å²) in [6, 6.07) is 0. The predicted octanol–water partition coefficient (Wildman–Crippen LogP) is 1.95. The van der Waals surface area contributed by atoms with E-state index in [2.05, 4.69) is 19.8 Å². The SMILES string of the molecule is C#CC[C@@]1(O)CCCC1(C)C. The van der Waals surface area contributed by atoms with Crippen LogP contribution in [0, 0.1) is 17.8 Å². The molecule has 1 heteroatoms. The highest BCUT2D eigenvalue weighted by Crippen LogP contribution is 2.47. The van der Waals surface area contributed by atoms with E-state index < -0.39 is 5.60 Å². The van der Waals surface area contributed by atoms with Gasteiger partial charge in [-0.2, -0.15) is 0 Å². The molecule has 0 aromatic heterocycles. The van der Waals surface area contributed by atoms with Gasteiger partial charge in [0.2, 0.25) is 0 Å². The predicted molar refractivity (Wildman–Crippen MR) is 46.0 cm³/mol. The van der Waals surface area contributed by atoms with E-state index in [9.17, 15) is 5.11 Å². The van der Waals surface area contributed by atoms with Crippen molar-refractivity contribution in [2.45, 2.75) is 45.1 Å². The number of aliphatic hydroxyl groups is 1. The van der Waals surface area contributed by atoms with Crippen molar-refractivity contribution in [1.29, 1.82) is 0 Å². The summed E-state index contributed by atoms with van der Waals surface area (Å²) in [7, 11) is 0. The summed E-state index contributed by atoms with van der Waals surface area (Å²) in [6.07, 6.45) is 8.76. The van der Waals surface area contributed by atoms with Crippen LogP contribution in [0.1, 0.15) is 39.5 Å². The van der Waals surface area contributed by atoms with Crippen LogP contribution in [0.25, 0.3) is 0 Å². The molecule has 0 heterocycles. The van der Waals surface area contributed by atoms with Crippen LogP contribution in [0.4, 0.5) is 0 Å². The molecule has 1 nitrogen and oxygen atoms in total. The fraction of sp³-hybridized carbons (Fsp3) is 0.800. The minimum absolute atomic E-state index is 0.0133. The molecule has 0 aliphatic heterocycles. The lowest BCUT2D eigenvalue weighted by atomic mass is 9.76. The van der Waals surface area contributed by atoms with Gasteiger partial charge in [0.25, 0.3) is 0 Å². The molecular formula is C10H16O. The van der Waals surface area contributed by atoms with Gasteiger partial charge in [-0.15, -0.1) is 12.3 Å². The van der Waals surface area contributed by atoms with Gasteiger partial charge in [0.1, 0.15) is 0 Å². The molecule has 1 aliphatic carbocycles. The molecule has 0 bridgehead atoms. The summed E-state index contributed by atoms with van der Waals surface area (Å²) in [5.41, 5.74) is -0.582. The van der Waals surface area contributed by atoms with Gasteiger partial charge in [0, 0.05) is 6.42 Å². The molecule has 1 N–H and O–H groups in total. The van der Waals surface area contributed by atoms with Crippen molar-refractivity contribution in [3.8, 4) is 12.3 Å². The Hall–Kier alpha value is -0.480. The minimum Gasteiger partial charge on any atom is -0.388 e. The lowest BCUT2D eigenvalue weighted by Gasteiger charge is -2.35. The average molecular weight is 152 g/mol. The van der Waals surface area contributed by atoms with Crippen molar-refractivity contribution < 1.29 is 5.11 Å². The molecule has 0 unspecified atom stereocenters. The molecule has 0 spiro atoms. The van der Waals surface area contributed by atoms with E-state index in [4.69, 9.17) is 6.42 Å². The van der Waals surface area contributed by atoms with E-state index in [0.717, 1.165) is 19.3 Å². The fourth-order valence-electron chi connectivity index (χ4n) is 1.89. The first kappa shape index (κ1) is 8.62. The van der Waals surface area contributed by atoms with Crippen LogP contribution in [0.3, 0.4) is 0 Å². The molecule has 11 heavy (non-hydrogen) atoms. The summed E-state index contributed by atoms with van der Waals surface area (Å²) in [4.78, 5) is 0. The zero-order valence-electron chi connectivity index (χ0n) is 7.35. The largest absolute Gasteiger partial charge is 0.388 e. The van der Waals surface area contributed by atoms with E-state index in [1.54, 1.807) is 0 Å². The van der Waals surface area contributed by atoms with Gasteiger partial charge in [-0.3, -0.25) is 0 Å². The summed E-state index contributed by atoms with van der Waals surface area (Å²) in [5, 5.41) is 10.1. The average Bonchev–Trinajstić information content (AvgIpc) is 2.09. The van der Waals surface area contributed by atoms with Crippen LogP contribution in [0.2, 0.25) is 0 Å². The topological polar surface area (TPSA) is 20.2 Å². The van der Waals surface area contributed by atoms with E-state index in [0.29, 0.717) is 6.42 Å². The Bertz CT molecular complexity index is 188. The second-order valence-corrected chi connectivity index (χ2v) is 4.15. The highest BCUT2D eigenvalue weighted by atomic mass is 16.3. The summed E-state index contributed by atoms with van der Waals surface area (Å²) >= 11 is 0. The maximum atomic E-state index is 10.1. The Labute approximate surface area is 68.8 Å². The lowest BCUT2D eigenvalue weighted by molar-refractivity contribution is -0.0378. The molecule has 1 fully saturated rings. The number of hydrogen-bond donors (Lipinski definition) is 1. The van der Waals surface area contributed by atoms with E-state index >= 15 is 0 Å². The quantitative estimate of drug-likeness (QED) is 0.569. The molecular weight excluding hydrogens is 136 g/mol. The van der Waals surface area contributed by atoms with Crippen molar-refractivity contribution >= 4 is 0 Å². The maximum absolute atomic E-state index is 10.1. The van der Waals surface area contributed by atoms with Crippen LogP contribution >= 0.6 is 0 Å². The van der Waals surface area contributed by atoms with Crippen molar-refractivity contribution in [2.75, 3.05) is 0 Å². The second kappa shape index (κ2) is 2.53. The van der Waals surface area contributed by atoms with Gasteiger partial charge >= 0.3 is 0 Å². The van der Waals surface area contributed by atoms with Crippen LogP contribution in [-0.4, -0.2) is 10.7 Å². The first-order chi connectivity index (χ1) is 5.02. The Balaban J connectivity index is 2.77. The van der Waals surface area contributed by atoms with Crippen LogP contribution in [0.15, 0.2) is 0 Å². The first-order valence-electron chi connectivity index (χ1n) is 4.18. The smallest absolute Gasteiger partial charge is 0.0806 e.